The molecule has 5 rings (SSSR count). The molecule has 0 aliphatic heterocycles. The number of imidazole rings is 1. The number of ether oxygens (including phenoxy) is 1. The highest BCUT2D eigenvalue weighted by Gasteiger charge is 2.23. The molecule has 0 fully saturated rings. The van der Waals surface area contributed by atoms with Gasteiger partial charge in [-0.15, -0.1) is 11.3 Å². The molecule has 6 nitrogen and oxygen atoms in total. The van der Waals surface area contributed by atoms with Crippen LogP contribution in [0.5, 0.6) is 5.75 Å². The molecule has 0 spiro atoms. The van der Waals surface area contributed by atoms with Crippen molar-refractivity contribution in [1.29, 1.82) is 0 Å². The van der Waals surface area contributed by atoms with E-state index < -0.39 is 0 Å². The number of aromatic amines is 2. The molecular weight excluding hydrogens is 392 g/mol. The summed E-state index contributed by atoms with van der Waals surface area (Å²) >= 11 is 3.21. The number of thiophene rings is 1. The fourth-order valence-corrected chi connectivity index (χ4v) is 5.92. The van der Waals surface area contributed by atoms with Crippen LogP contribution < -0.4 is 10.3 Å². The quantitative estimate of drug-likeness (QED) is 0.489. The lowest BCUT2D eigenvalue weighted by atomic mass is 9.89. The summed E-state index contributed by atoms with van der Waals surface area (Å²) in [5.74, 6) is 2.72. The van der Waals surface area contributed by atoms with Gasteiger partial charge in [0.2, 0.25) is 0 Å². The highest BCUT2D eigenvalue weighted by atomic mass is 32.2. The van der Waals surface area contributed by atoms with E-state index in [0.29, 0.717) is 17.5 Å². The van der Waals surface area contributed by atoms with Crippen LogP contribution in [0.3, 0.4) is 0 Å². The zero-order chi connectivity index (χ0) is 19.3. The Hall–Kier alpha value is -2.32. The summed E-state index contributed by atoms with van der Waals surface area (Å²) in [4.78, 5) is 30.5. The molecule has 0 saturated heterocycles. The molecule has 1 aliphatic rings. The van der Waals surface area contributed by atoms with Gasteiger partial charge in [0.05, 0.1) is 29.3 Å². The van der Waals surface area contributed by atoms with E-state index in [-0.39, 0.29) is 5.56 Å². The van der Waals surface area contributed by atoms with Crippen LogP contribution in [0.4, 0.5) is 0 Å². The first-order valence-corrected chi connectivity index (χ1v) is 11.1. The van der Waals surface area contributed by atoms with Crippen molar-refractivity contribution in [3.63, 3.8) is 0 Å². The summed E-state index contributed by atoms with van der Waals surface area (Å²) in [6.07, 6.45) is 3.19. The SMILES string of the molecule is COc1ccc2nc(SCc3nc4sc5c(c4c(=O)[nH]3)CC[C@@H](C)C5)[nH]c2c1. The Bertz CT molecular complexity index is 1240. The molecule has 0 unspecified atom stereocenters. The van der Waals surface area contributed by atoms with E-state index in [4.69, 9.17) is 9.72 Å². The molecule has 3 heterocycles. The Balaban J connectivity index is 1.42. The van der Waals surface area contributed by atoms with Gasteiger partial charge in [-0.3, -0.25) is 4.79 Å². The van der Waals surface area contributed by atoms with Crippen LogP contribution in [0.2, 0.25) is 0 Å². The fourth-order valence-electron chi connectivity index (χ4n) is 3.76. The van der Waals surface area contributed by atoms with Gasteiger partial charge in [0.1, 0.15) is 16.4 Å². The predicted molar refractivity (Wildman–Crippen MR) is 114 cm³/mol. The fraction of sp³-hybridized carbons (Fsp3) is 0.350. The van der Waals surface area contributed by atoms with E-state index >= 15 is 0 Å². The first kappa shape index (κ1) is 17.8. The third kappa shape index (κ3) is 3.10. The van der Waals surface area contributed by atoms with Crippen LogP contribution in [0.25, 0.3) is 21.3 Å². The van der Waals surface area contributed by atoms with Crippen LogP contribution in [-0.2, 0) is 18.6 Å². The van der Waals surface area contributed by atoms with Crippen molar-refractivity contribution < 1.29 is 4.74 Å². The van der Waals surface area contributed by atoms with E-state index in [1.807, 2.05) is 18.2 Å². The third-order valence-corrected chi connectivity index (χ3v) is 7.26. The number of nitrogens with one attached hydrogen (secondary N) is 2. The standard InChI is InChI=1S/C20H20N4O2S2/c1-10-3-5-12-15(7-10)28-19-17(12)18(25)23-16(24-19)9-27-20-21-13-6-4-11(26-2)8-14(13)22-20/h4,6,8,10H,3,5,7,9H2,1-2H3,(H,21,22)(H,23,24,25)/t10-/m1/s1. The van der Waals surface area contributed by atoms with Crippen LogP contribution in [0.15, 0.2) is 28.2 Å². The van der Waals surface area contributed by atoms with Crippen molar-refractivity contribution in [2.24, 2.45) is 5.92 Å². The number of hydrogen-bond acceptors (Lipinski definition) is 6. The number of aryl methyl sites for hydroxylation is 1. The summed E-state index contributed by atoms with van der Waals surface area (Å²) in [5, 5.41) is 1.60. The lowest BCUT2D eigenvalue weighted by Gasteiger charge is -2.17. The second-order valence-electron chi connectivity index (χ2n) is 7.26. The average molecular weight is 413 g/mol. The van der Waals surface area contributed by atoms with Gasteiger partial charge in [0.15, 0.2) is 5.16 Å². The number of aromatic nitrogens is 4. The Morgan fingerprint density at radius 2 is 2.21 bits per heavy atom. The van der Waals surface area contributed by atoms with Crippen molar-refractivity contribution in [1.82, 2.24) is 19.9 Å². The van der Waals surface area contributed by atoms with Crippen molar-refractivity contribution in [2.75, 3.05) is 7.11 Å². The van der Waals surface area contributed by atoms with Crippen molar-refractivity contribution >= 4 is 44.3 Å². The third-order valence-electron chi connectivity index (χ3n) is 5.23. The molecule has 1 aliphatic carbocycles. The largest absolute Gasteiger partial charge is 0.497 e. The molecule has 0 amide bonds. The number of thioether (sulfide) groups is 1. The number of benzene rings is 1. The van der Waals surface area contributed by atoms with Crippen molar-refractivity contribution in [2.45, 2.75) is 37.1 Å². The zero-order valence-corrected chi connectivity index (χ0v) is 17.3. The van der Waals surface area contributed by atoms with Crippen molar-refractivity contribution in [3.8, 4) is 5.75 Å². The second kappa shape index (κ2) is 6.93. The van der Waals surface area contributed by atoms with E-state index in [1.165, 1.54) is 22.2 Å². The van der Waals surface area contributed by atoms with Crippen LogP contribution >= 0.6 is 23.1 Å². The minimum Gasteiger partial charge on any atom is -0.497 e. The highest BCUT2D eigenvalue weighted by Crippen LogP contribution is 2.36. The number of rotatable bonds is 4. The van der Waals surface area contributed by atoms with Gasteiger partial charge < -0.3 is 14.7 Å². The number of nitrogens with zero attached hydrogens (tertiary/aromatic N) is 2. The molecule has 1 aromatic carbocycles. The summed E-state index contributed by atoms with van der Waals surface area (Å²) in [6.45, 7) is 2.27. The molecule has 1 atom stereocenters. The Morgan fingerprint density at radius 3 is 3.07 bits per heavy atom. The maximum Gasteiger partial charge on any atom is 0.259 e. The summed E-state index contributed by atoms with van der Waals surface area (Å²) < 4.78 is 5.25. The first-order chi connectivity index (χ1) is 13.6. The van der Waals surface area contributed by atoms with Gasteiger partial charge >= 0.3 is 0 Å². The molecule has 144 valence electrons. The molecule has 8 heteroatoms. The summed E-state index contributed by atoms with van der Waals surface area (Å²) in [6, 6.07) is 5.75. The van der Waals surface area contributed by atoms with Gasteiger partial charge in [-0.1, -0.05) is 18.7 Å². The lowest BCUT2D eigenvalue weighted by Crippen LogP contribution is -2.14. The normalized spacial score (nSPS) is 16.6. The zero-order valence-electron chi connectivity index (χ0n) is 15.7. The molecular formula is C20H20N4O2S2. The lowest BCUT2D eigenvalue weighted by molar-refractivity contribution is 0.415. The van der Waals surface area contributed by atoms with Gasteiger partial charge in [0, 0.05) is 10.9 Å². The number of hydrogen-bond donors (Lipinski definition) is 2. The summed E-state index contributed by atoms with van der Waals surface area (Å²) in [7, 11) is 1.65. The minimum atomic E-state index is -0.0120. The Labute approximate surface area is 169 Å². The molecule has 0 bridgehead atoms. The molecule has 0 saturated carbocycles. The average Bonchev–Trinajstić information content (AvgIpc) is 3.25. The highest BCUT2D eigenvalue weighted by molar-refractivity contribution is 7.98. The van der Waals surface area contributed by atoms with Crippen LogP contribution in [0, 0.1) is 5.92 Å². The predicted octanol–water partition coefficient (Wildman–Crippen LogP) is 4.29. The van der Waals surface area contributed by atoms with Crippen LogP contribution in [-0.4, -0.2) is 27.0 Å². The van der Waals surface area contributed by atoms with Gasteiger partial charge in [-0.25, -0.2) is 9.97 Å². The summed E-state index contributed by atoms with van der Waals surface area (Å²) in [5.41, 5.74) is 3.03. The molecule has 4 aromatic rings. The topological polar surface area (TPSA) is 83.7 Å². The smallest absolute Gasteiger partial charge is 0.259 e. The van der Waals surface area contributed by atoms with Gasteiger partial charge in [-0.05, 0) is 42.9 Å². The van der Waals surface area contributed by atoms with E-state index in [1.54, 1.807) is 18.4 Å². The number of fused-ring (bicyclic) bond motifs is 4. The molecule has 3 aromatic heterocycles. The van der Waals surface area contributed by atoms with E-state index in [2.05, 4.69) is 21.9 Å². The second-order valence-corrected chi connectivity index (χ2v) is 9.31. The Kier molecular flexibility index (Phi) is 4.40. The minimum absolute atomic E-state index is 0.0120. The van der Waals surface area contributed by atoms with Gasteiger partial charge in [-0.2, -0.15) is 0 Å². The Morgan fingerprint density at radius 1 is 1.32 bits per heavy atom. The molecule has 28 heavy (non-hydrogen) atoms. The monoisotopic (exact) mass is 412 g/mol. The maximum absolute atomic E-state index is 12.7. The number of H-pyrrole nitrogens is 2. The number of methoxy groups -OCH3 is 1. The molecule has 2 N–H and O–H groups in total. The van der Waals surface area contributed by atoms with Crippen LogP contribution in [0.1, 0.15) is 29.6 Å². The maximum atomic E-state index is 12.7. The van der Waals surface area contributed by atoms with E-state index in [9.17, 15) is 4.79 Å². The first-order valence-electron chi connectivity index (χ1n) is 9.30. The van der Waals surface area contributed by atoms with E-state index in [0.717, 1.165) is 51.4 Å². The van der Waals surface area contributed by atoms with Gasteiger partial charge in [0.25, 0.3) is 5.56 Å². The molecule has 0 radical (unpaired) electrons. The van der Waals surface area contributed by atoms with Crippen molar-refractivity contribution in [3.05, 3.63) is 44.8 Å².